The molecule has 4 heterocycles. The van der Waals surface area contributed by atoms with Gasteiger partial charge in [-0.3, -0.25) is 9.88 Å². The van der Waals surface area contributed by atoms with Gasteiger partial charge in [0.15, 0.2) is 16.7 Å². The minimum Gasteiger partial charge on any atom is -0.454 e. The number of ether oxygens (including phenoxy) is 3. The van der Waals surface area contributed by atoms with Gasteiger partial charge in [0, 0.05) is 25.1 Å². The highest BCUT2D eigenvalue weighted by Crippen LogP contribution is 2.33. The lowest BCUT2D eigenvalue weighted by molar-refractivity contribution is 0.0934. The maximum Gasteiger partial charge on any atom is 0.231 e. The Labute approximate surface area is 191 Å². The molecular weight excluding hydrogens is 426 g/mol. The fraction of sp³-hybridized carbons (Fsp3) is 0.435. The second-order valence-corrected chi connectivity index (χ2v) is 9.06. The second-order valence-electron chi connectivity index (χ2n) is 8.11. The number of thioether (sulfide) groups is 1. The summed E-state index contributed by atoms with van der Waals surface area (Å²) in [4.78, 5) is 6.66. The molecule has 0 radical (unpaired) electrons. The van der Waals surface area contributed by atoms with E-state index in [1.807, 2.05) is 36.5 Å². The fourth-order valence-electron chi connectivity index (χ4n) is 3.99. The van der Waals surface area contributed by atoms with Crippen LogP contribution in [0.4, 0.5) is 0 Å². The molecule has 9 heteroatoms. The van der Waals surface area contributed by atoms with E-state index < -0.39 is 0 Å². The molecule has 2 aliphatic rings. The molecule has 5 rings (SSSR count). The van der Waals surface area contributed by atoms with Crippen molar-refractivity contribution in [1.29, 1.82) is 0 Å². The molecule has 8 nitrogen and oxygen atoms in total. The molecule has 1 saturated heterocycles. The van der Waals surface area contributed by atoms with Crippen LogP contribution in [0, 0.1) is 0 Å². The number of aromatic nitrogens is 4. The van der Waals surface area contributed by atoms with Crippen molar-refractivity contribution in [2.45, 2.75) is 49.5 Å². The molecule has 0 unspecified atom stereocenters. The van der Waals surface area contributed by atoms with Gasteiger partial charge in [-0.1, -0.05) is 23.9 Å². The summed E-state index contributed by atoms with van der Waals surface area (Å²) in [5.74, 6) is 3.33. The van der Waals surface area contributed by atoms with Crippen molar-refractivity contribution in [1.82, 2.24) is 24.6 Å². The van der Waals surface area contributed by atoms with E-state index in [1.165, 1.54) is 5.56 Å². The van der Waals surface area contributed by atoms with Gasteiger partial charge in [-0.25, -0.2) is 0 Å². The Morgan fingerprint density at radius 3 is 2.91 bits per heavy atom. The number of fused-ring (bicyclic) bond motifs is 1. The van der Waals surface area contributed by atoms with E-state index in [1.54, 1.807) is 11.8 Å². The van der Waals surface area contributed by atoms with Crippen LogP contribution in [-0.2, 0) is 30.1 Å². The van der Waals surface area contributed by atoms with Gasteiger partial charge in [0.1, 0.15) is 5.82 Å². The molecule has 0 saturated carbocycles. The van der Waals surface area contributed by atoms with E-state index in [2.05, 4.69) is 37.8 Å². The normalized spacial score (nSPS) is 17.4. The molecule has 32 heavy (non-hydrogen) atoms. The van der Waals surface area contributed by atoms with Crippen molar-refractivity contribution in [3.05, 3.63) is 59.7 Å². The quantitative estimate of drug-likeness (QED) is 0.456. The molecule has 0 N–H and O–H groups in total. The Hall–Kier alpha value is -2.62. The highest BCUT2D eigenvalue weighted by molar-refractivity contribution is 7.98. The van der Waals surface area contributed by atoms with Crippen molar-refractivity contribution in [2.24, 2.45) is 0 Å². The van der Waals surface area contributed by atoms with Crippen LogP contribution in [0.3, 0.4) is 0 Å². The molecule has 1 aromatic carbocycles. The van der Waals surface area contributed by atoms with E-state index in [-0.39, 0.29) is 6.10 Å². The second kappa shape index (κ2) is 9.89. The van der Waals surface area contributed by atoms with Gasteiger partial charge in [0.25, 0.3) is 0 Å². The van der Waals surface area contributed by atoms with Crippen molar-refractivity contribution < 1.29 is 14.2 Å². The van der Waals surface area contributed by atoms with E-state index in [0.29, 0.717) is 13.3 Å². The summed E-state index contributed by atoms with van der Waals surface area (Å²) in [6.07, 6.45) is 4.24. The Morgan fingerprint density at radius 1 is 1.12 bits per heavy atom. The Bertz CT molecular complexity index is 1040. The third kappa shape index (κ3) is 5.06. The molecule has 0 aliphatic carbocycles. The summed E-state index contributed by atoms with van der Waals surface area (Å²) in [6, 6.07) is 12.1. The van der Waals surface area contributed by atoms with Gasteiger partial charge >= 0.3 is 0 Å². The first-order valence-electron chi connectivity index (χ1n) is 10.9. The SMILES string of the molecule is CN(Cc1ccc2c(c1)OCO2)Cc1nnc(SCc2ccccn2)n1C[C@H]1CCCO1. The minimum atomic E-state index is 0.220. The molecule has 2 aromatic heterocycles. The maximum atomic E-state index is 5.90. The van der Waals surface area contributed by atoms with Crippen molar-refractivity contribution in [3.8, 4) is 11.5 Å². The number of hydrogen-bond donors (Lipinski definition) is 0. The van der Waals surface area contributed by atoms with Crippen LogP contribution < -0.4 is 9.47 Å². The molecule has 3 aromatic rings. The topological polar surface area (TPSA) is 74.5 Å². The molecule has 0 spiro atoms. The lowest BCUT2D eigenvalue weighted by atomic mass is 10.2. The Balaban J connectivity index is 1.28. The van der Waals surface area contributed by atoms with Crippen LogP contribution in [0.1, 0.15) is 29.9 Å². The van der Waals surface area contributed by atoms with Gasteiger partial charge in [-0.2, -0.15) is 0 Å². The summed E-state index contributed by atoms with van der Waals surface area (Å²) >= 11 is 1.67. The van der Waals surface area contributed by atoms with Gasteiger partial charge in [-0.15, -0.1) is 10.2 Å². The summed E-state index contributed by atoms with van der Waals surface area (Å²) in [6.45, 7) is 3.38. The minimum absolute atomic E-state index is 0.220. The average Bonchev–Trinajstić information content (AvgIpc) is 3.56. The third-order valence-electron chi connectivity index (χ3n) is 5.58. The van der Waals surface area contributed by atoms with E-state index in [4.69, 9.17) is 14.2 Å². The van der Waals surface area contributed by atoms with Crippen molar-refractivity contribution in [2.75, 3.05) is 20.4 Å². The first-order valence-corrected chi connectivity index (χ1v) is 11.9. The Kier molecular flexibility index (Phi) is 6.56. The molecule has 2 aliphatic heterocycles. The van der Waals surface area contributed by atoms with E-state index in [0.717, 1.165) is 66.5 Å². The summed E-state index contributed by atoms with van der Waals surface area (Å²) < 4.78 is 19.1. The summed E-state index contributed by atoms with van der Waals surface area (Å²) in [5.41, 5.74) is 2.21. The number of nitrogens with zero attached hydrogens (tertiary/aromatic N) is 5. The zero-order valence-corrected chi connectivity index (χ0v) is 19.0. The van der Waals surface area contributed by atoms with E-state index >= 15 is 0 Å². The van der Waals surface area contributed by atoms with Crippen LogP contribution in [0.15, 0.2) is 47.8 Å². The molecule has 1 fully saturated rings. The average molecular weight is 454 g/mol. The zero-order valence-electron chi connectivity index (χ0n) is 18.1. The monoisotopic (exact) mass is 453 g/mol. The fourth-order valence-corrected chi connectivity index (χ4v) is 4.87. The highest BCUT2D eigenvalue weighted by Gasteiger charge is 2.22. The smallest absolute Gasteiger partial charge is 0.231 e. The first kappa shape index (κ1) is 21.2. The third-order valence-corrected chi connectivity index (χ3v) is 6.58. The number of hydrogen-bond acceptors (Lipinski definition) is 8. The first-order chi connectivity index (χ1) is 15.7. The molecule has 1 atom stereocenters. The van der Waals surface area contributed by atoms with Crippen LogP contribution in [0.25, 0.3) is 0 Å². The molecule has 0 amide bonds. The highest BCUT2D eigenvalue weighted by atomic mass is 32.2. The lowest BCUT2D eigenvalue weighted by Gasteiger charge is -2.19. The largest absolute Gasteiger partial charge is 0.454 e. The van der Waals surface area contributed by atoms with Gasteiger partial charge in [-0.05, 0) is 49.7 Å². The standard InChI is InChI=1S/C23H27N5O3S/c1-27(12-17-7-8-20-21(11-17)31-16-30-20)14-22-25-26-23(28(22)13-19-6-4-10-29-19)32-15-18-5-2-3-9-24-18/h2-3,5,7-9,11,19H,4,6,10,12-16H2,1H3/t19-/m1/s1. The number of rotatable bonds is 9. The molecule has 0 bridgehead atoms. The molecular formula is C23H27N5O3S. The summed E-state index contributed by atoms with van der Waals surface area (Å²) in [7, 11) is 2.09. The molecule has 168 valence electrons. The van der Waals surface area contributed by atoms with Gasteiger partial charge in [0.2, 0.25) is 6.79 Å². The number of benzene rings is 1. The van der Waals surface area contributed by atoms with Crippen LogP contribution >= 0.6 is 11.8 Å². The van der Waals surface area contributed by atoms with Crippen LogP contribution in [-0.4, -0.2) is 51.2 Å². The van der Waals surface area contributed by atoms with Crippen LogP contribution in [0.2, 0.25) is 0 Å². The van der Waals surface area contributed by atoms with E-state index in [9.17, 15) is 0 Å². The Morgan fingerprint density at radius 2 is 2.06 bits per heavy atom. The van der Waals surface area contributed by atoms with Gasteiger partial charge in [0.05, 0.1) is 24.9 Å². The number of pyridine rings is 1. The zero-order chi connectivity index (χ0) is 21.8. The predicted molar refractivity (Wildman–Crippen MR) is 121 cm³/mol. The lowest BCUT2D eigenvalue weighted by Crippen LogP contribution is -2.23. The maximum absolute atomic E-state index is 5.90. The van der Waals surface area contributed by atoms with Crippen molar-refractivity contribution >= 4 is 11.8 Å². The van der Waals surface area contributed by atoms with Crippen LogP contribution in [0.5, 0.6) is 11.5 Å². The predicted octanol–water partition coefficient (Wildman–Crippen LogP) is 3.51. The summed E-state index contributed by atoms with van der Waals surface area (Å²) in [5, 5.41) is 9.96. The van der Waals surface area contributed by atoms with Crippen molar-refractivity contribution in [3.63, 3.8) is 0 Å². The van der Waals surface area contributed by atoms with Gasteiger partial charge < -0.3 is 18.8 Å².